The van der Waals surface area contributed by atoms with E-state index in [-0.39, 0.29) is 11.9 Å². The topological polar surface area (TPSA) is 59.8 Å². The molecule has 106 valence electrons. The van der Waals surface area contributed by atoms with Crippen molar-refractivity contribution in [3.8, 4) is 0 Å². The molecule has 0 unspecified atom stereocenters. The van der Waals surface area contributed by atoms with Crippen LogP contribution in [0.15, 0.2) is 12.4 Å². The number of rotatable bonds is 6. The molecular formula is C14H24N4O. The molecule has 0 bridgehead atoms. The van der Waals surface area contributed by atoms with E-state index in [1.54, 1.807) is 10.9 Å². The van der Waals surface area contributed by atoms with E-state index in [4.69, 9.17) is 0 Å². The molecule has 1 amide bonds. The predicted octanol–water partition coefficient (Wildman–Crippen LogP) is 2.00. The molecule has 1 fully saturated rings. The van der Waals surface area contributed by atoms with Gasteiger partial charge in [-0.05, 0) is 24.7 Å². The summed E-state index contributed by atoms with van der Waals surface area (Å²) in [7, 11) is 0. The Kier molecular flexibility index (Phi) is 4.93. The van der Waals surface area contributed by atoms with Crippen LogP contribution in [0.2, 0.25) is 0 Å². The maximum atomic E-state index is 12.1. The lowest BCUT2D eigenvalue weighted by molar-refractivity contribution is -0.123. The van der Waals surface area contributed by atoms with E-state index in [1.165, 1.54) is 25.7 Å². The van der Waals surface area contributed by atoms with Crippen LogP contribution in [0.5, 0.6) is 0 Å². The van der Waals surface area contributed by atoms with Gasteiger partial charge in [0.25, 0.3) is 0 Å². The SMILES string of the molecule is CC(C)[C@H](Cn1ccnn1)NC(=O)CC1CCCC1. The molecule has 1 aliphatic rings. The molecule has 2 rings (SSSR count). The maximum absolute atomic E-state index is 12.1. The van der Waals surface area contributed by atoms with Crippen LogP contribution < -0.4 is 5.32 Å². The summed E-state index contributed by atoms with van der Waals surface area (Å²) in [6.07, 6.45) is 9.16. The summed E-state index contributed by atoms with van der Waals surface area (Å²) < 4.78 is 1.78. The van der Waals surface area contributed by atoms with E-state index in [1.807, 2.05) is 6.20 Å². The number of amides is 1. The zero-order valence-electron chi connectivity index (χ0n) is 11.9. The number of carbonyl (C=O) groups excluding carboxylic acids is 1. The van der Waals surface area contributed by atoms with Gasteiger partial charge in [0, 0.05) is 12.6 Å². The monoisotopic (exact) mass is 264 g/mol. The number of hydrogen-bond donors (Lipinski definition) is 1. The Morgan fingerprint density at radius 3 is 2.74 bits per heavy atom. The zero-order valence-corrected chi connectivity index (χ0v) is 11.9. The van der Waals surface area contributed by atoms with E-state index in [9.17, 15) is 4.79 Å². The van der Waals surface area contributed by atoms with Gasteiger partial charge in [0.15, 0.2) is 0 Å². The van der Waals surface area contributed by atoms with Crippen molar-refractivity contribution >= 4 is 5.91 Å². The molecule has 1 aromatic rings. The van der Waals surface area contributed by atoms with Gasteiger partial charge in [-0.1, -0.05) is 31.9 Å². The molecule has 1 N–H and O–H groups in total. The van der Waals surface area contributed by atoms with Crippen LogP contribution in [0.1, 0.15) is 46.0 Å². The Morgan fingerprint density at radius 1 is 1.42 bits per heavy atom. The fourth-order valence-electron chi connectivity index (χ4n) is 2.70. The van der Waals surface area contributed by atoms with Crippen molar-refractivity contribution in [3.05, 3.63) is 12.4 Å². The first kappa shape index (κ1) is 14.0. The molecule has 1 aromatic heterocycles. The number of nitrogens with zero attached hydrogens (tertiary/aromatic N) is 3. The quantitative estimate of drug-likeness (QED) is 0.855. The largest absolute Gasteiger partial charge is 0.351 e. The minimum absolute atomic E-state index is 0.121. The Bertz CT molecular complexity index is 382. The Labute approximate surface area is 114 Å². The molecule has 1 heterocycles. The van der Waals surface area contributed by atoms with E-state index >= 15 is 0 Å². The van der Waals surface area contributed by atoms with Crippen molar-refractivity contribution in [2.75, 3.05) is 0 Å². The molecule has 5 heteroatoms. The first-order chi connectivity index (χ1) is 9.15. The summed E-state index contributed by atoms with van der Waals surface area (Å²) in [4.78, 5) is 12.1. The second-order valence-electron chi connectivity index (χ2n) is 5.90. The van der Waals surface area contributed by atoms with E-state index in [2.05, 4.69) is 29.5 Å². The molecule has 0 aromatic carbocycles. The smallest absolute Gasteiger partial charge is 0.220 e. The lowest BCUT2D eigenvalue weighted by Gasteiger charge is -2.23. The highest BCUT2D eigenvalue weighted by molar-refractivity contribution is 5.76. The molecule has 0 radical (unpaired) electrons. The maximum Gasteiger partial charge on any atom is 0.220 e. The average molecular weight is 264 g/mol. The normalized spacial score (nSPS) is 17.8. The van der Waals surface area contributed by atoms with E-state index in [0.29, 0.717) is 24.8 Å². The highest BCUT2D eigenvalue weighted by Gasteiger charge is 2.22. The minimum atomic E-state index is 0.121. The Balaban J connectivity index is 1.83. The number of hydrogen-bond acceptors (Lipinski definition) is 3. The lowest BCUT2D eigenvalue weighted by Crippen LogP contribution is -2.42. The van der Waals surface area contributed by atoms with Gasteiger partial charge >= 0.3 is 0 Å². The van der Waals surface area contributed by atoms with Crippen LogP contribution >= 0.6 is 0 Å². The fourth-order valence-corrected chi connectivity index (χ4v) is 2.70. The summed E-state index contributed by atoms with van der Waals surface area (Å²) in [5.74, 6) is 1.17. The third kappa shape index (κ3) is 4.33. The lowest BCUT2D eigenvalue weighted by atomic mass is 10.0. The summed E-state index contributed by atoms with van der Waals surface area (Å²) in [5.41, 5.74) is 0. The van der Waals surface area contributed by atoms with Crippen molar-refractivity contribution in [2.24, 2.45) is 11.8 Å². The summed E-state index contributed by atoms with van der Waals surface area (Å²) in [5, 5.41) is 10.9. The molecule has 0 spiro atoms. The standard InChI is InChI=1S/C14H24N4O/c1-11(2)13(10-18-8-7-15-17-18)16-14(19)9-12-5-3-4-6-12/h7-8,11-13H,3-6,9-10H2,1-2H3,(H,16,19)/t13-/m0/s1. The highest BCUT2D eigenvalue weighted by Crippen LogP contribution is 2.27. The fraction of sp³-hybridized carbons (Fsp3) is 0.786. The van der Waals surface area contributed by atoms with Crippen molar-refractivity contribution in [3.63, 3.8) is 0 Å². The van der Waals surface area contributed by atoms with Gasteiger partial charge in [-0.15, -0.1) is 5.10 Å². The zero-order chi connectivity index (χ0) is 13.7. The van der Waals surface area contributed by atoms with Gasteiger partial charge in [0.1, 0.15) is 0 Å². The van der Waals surface area contributed by atoms with Crippen LogP contribution in [0, 0.1) is 11.8 Å². The van der Waals surface area contributed by atoms with Crippen LogP contribution in [-0.4, -0.2) is 26.9 Å². The highest BCUT2D eigenvalue weighted by atomic mass is 16.1. The number of nitrogens with one attached hydrogen (secondary N) is 1. The van der Waals surface area contributed by atoms with Crippen LogP contribution in [-0.2, 0) is 11.3 Å². The third-order valence-corrected chi connectivity index (χ3v) is 3.96. The van der Waals surface area contributed by atoms with Crippen LogP contribution in [0.3, 0.4) is 0 Å². The molecule has 0 saturated heterocycles. The molecule has 0 aliphatic heterocycles. The first-order valence-corrected chi connectivity index (χ1v) is 7.28. The van der Waals surface area contributed by atoms with Crippen molar-refractivity contribution in [2.45, 2.75) is 58.5 Å². The summed E-state index contributed by atoms with van der Waals surface area (Å²) in [6.45, 7) is 4.93. The van der Waals surface area contributed by atoms with Gasteiger partial charge in [0.05, 0.1) is 18.8 Å². The predicted molar refractivity (Wildman–Crippen MR) is 73.4 cm³/mol. The van der Waals surface area contributed by atoms with E-state index < -0.39 is 0 Å². The molecule has 1 aliphatic carbocycles. The third-order valence-electron chi connectivity index (χ3n) is 3.96. The van der Waals surface area contributed by atoms with Crippen molar-refractivity contribution < 1.29 is 4.79 Å². The van der Waals surface area contributed by atoms with Gasteiger partial charge in [-0.25, -0.2) is 0 Å². The summed E-state index contributed by atoms with van der Waals surface area (Å²) >= 11 is 0. The average Bonchev–Trinajstić information content (AvgIpc) is 3.00. The second kappa shape index (κ2) is 6.68. The van der Waals surface area contributed by atoms with Crippen LogP contribution in [0.25, 0.3) is 0 Å². The van der Waals surface area contributed by atoms with Crippen molar-refractivity contribution in [1.82, 2.24) is 20.3 Å². The Hall–Kier alpha value is -1.39. The molecule has 1 atom stereocenters. The van der Waals surface area contributed by atoms with Gasteiger partial charge in [0.2, 0.25) is 5.91 Å². The number of carbonyl (C=O) groups is 1. The molecular weight excluding hydrogens is 240 g/mol. The van der Waals surface area contributed by atoms with Gasteiger partial charge < -0.3 is 5.32 Å². The van der Waals surface area contributed by atoms with Gasteiger partial charge in [-0.2, -0.15) is 0 Å². The first-order valence-electron chi connectivity index (χ1n) is 7.28. The van der Waals surface area contributed by atoms with Crippen LogP contribution in [0.4, 0.5) is 0 Å². The van der Waals surface area contributed by atoms with Crippen molar-refractivity contribution in [1.29, 1.82) is 0 Å². The second-order valence-corrected chi connectivity index (χ2v) is 5.90. The molecule has 19 heavy (non-hydrogen) atoms. The van der Waals surface area contributed by atoms with Gasteiger partial charge in [-0.3, -0.25) is 9.48 Å². The van der Waals surface area contributed by atoms with E-state index in [0.717, 1.165) is 0 Å². The Morgan fingerprint density at radius 2 is 2.16 bits per heavy atom. The molecule has 5 nitrogen and oxygen atoms in total. The molecule has 1 saturated carbocycles. The minimum Gasteiger partial charge on any atom is -0.351 e. The summed E-state index contributed by atoms with van der Waals surface area (Å²) in [6, 6.07) is 0.121. The number of aromatic nitrogens is 3.